The molecule has 0 rings (SSSR count). The molecule has 0 aromatic heterocycles. The van der Waals surface area contributed by atoms with Gasteiger partial charge in [-0.2, -0.15) is 0 Å². The van der Waals surface area contributed by atoms with Gasteiger partial charge in [0.25, 0.3) is 0 Å². The Balaban J connectivity index is 5.18. The number of rotatable bonds is 18. The SMILES string of the molecule is CC=C[Si](CCC[Si](C=CC)(OCCC)OCCC)(OCCC)OCCC. The third kappa shape index (κ3) is 11.4. The lowest BCUT2D eigenvalue weighted by Gasteiger charge is -2.31. The number of allylic oxidation sites excluding steroid dienone is 2. The van der Waals surface area contributed by atoms with Crippen molar-refractivity contribution >= 4 is 17.1 Å². The summed E-state index contributed by atoms with van der Waals surface area (Å²) in [6, 6.07) is 1.91. The van der Waals surface area contributed by atoms with E-state index in [9.17, 15) is 0 Å². The van der Waals surface area contributed by atoms with E-state index in [-0.39, 0.29) is 0 Å². The average molecular weight is 417 g/mol. The Hall–Kier alpha value is -0.246. The lowest BCUT2D eigenvalue weighted by Crippen LogP contribution is -2.44. The quantitative estimate of drug-likeness (QED) is 0.249. The second kappa shape index (κ2) is 16.7. The molecule has 0 aliphatic carbocycles. The summed E-state index contributed by atoms with van der Waals surface area (Å²) in [6.07, 6.45) is 9.24. The molecule has 0 aliphatic rings. The molecule has 0 fully saturated rings. The minimum atomic E-state index is -2.32. The topological polar surface area (TPSA) is 36.9 Å². The third-order valence-electron chi connectivity index (χ3n) is 4.09. The Kier molecular flexibility index (Phi) is 16.5. The molecule has 0 atom stereocenters. The maximum atomic E-state index is 6.30. The minimum Gasteiger partial charge on any atom is -0.391 e. The minimum absolute atomic E-state index is 0.760. The van der Waals surface area contributed by atoms with E-state index in [0.29, 0.717) is 0 Å². The molecule has 0 aliphatic heterocycles. The number of hydrogen-bond donors (Lipinski definition) is 0. The van der Waals surface area contributed by atoms with Crippen molar-refractivity contribution in [1.82, 2.24) is 0 Å². The largest absolute Gasteiger partial charge is 0.391 e. The predicted octanol–water partition coefficient (Wildman–Crippen LogP) is 6.20. The summed E-state index contributed by atoms with van der Waals surface area (Å²) >= 11 is 0. The highest BCUT2D eigenvalue weighted by atomic mass is 28.4. The summed E-state index contributed by atoms with van der Waals surface area (Å²) < 4.78 is 25.2. The van der Waals surface area contributed by atoms with E-state index >= 15 is 0 Å². The molecule has 0 heterocycles. The van der Waals surface area contributed by atoms with Crippen LogP contribution in [0.3, 0.4) is 0 Å². The van der Waals surface area contributed by atoms with Gasteiger partial charge in [-0.1, -0.05) is 39.8 Å². The van der Waals surface area contributed by atoms with Crippen LogP contribution in [0.5, 0.6) is 0 Å². The Morgan fingerprint density at radius 1 is 0.556 bits per heavy atom. The van der Waals surface area contributed by atoms with Crippen molar-refractivity contribution in [2.75, 3.05) is 26.4 Å². The molecule has 0 N–H and O–H groups in total. The first-order chi connectivity index (χ1) is 13.1. The highest BCUT2D eigenvalue weighted by Gasteiger charge is 2.38. The van der Waals surface area contributed by atoms with E-state index in [1.165, 1.54) is 0 Å². The molecule has 0 saturated heterocycles. The van der Waals surface area contributed by atoms with E-state index < -0.39 is 17.1 Å². The van der Waals surface area contributed by atoms with Crippen molar-refractivity contribution in [1.29, 1.82) is 0 Å². The molecule has 0 amide bonds. The maximum Gasteiger partial charge on any atom is 0.364 e. The Morgan fingerprint density at radius 2 is 0.852 bits per heavy atom. The molecular weight excluding hydrogens is 372 g/mol. The Labute approximate surface area is 170 Å². The standard InChI is InChI=1S/C21H44O4Si2/c1-7-14-22-26(18-11-5,23-15-8-2)20-13-21-27(19-12-6,24-16-9-3)25-17-10-4/h11-12,18-19H,7-10,13-17,20-21H2,1-6H3. The molecule has 0 radical (unpaired) electrons. The molecule has 0 unspecified atom stereocenters. The van der Waals surface area contributed by atoms with Crippen LogP contribution in [0.15, 0.2) is 23.6 Å². The van der Waals surface area contributed by atoms with Gasteiger partial charge in [0.05, 0.1) is 0 Å². The zero-order chi connectivity index (χ0) is 20.4. The lowest BCUT2D eigenvalue weighted by molar-refractivity contribution is 0.172. The van der Waals surface area contributed by atoms with Crippen LogP contribution in [-0.4, -0.2) is 43.5 Å². The van der Waals surface area contributed by atoms with Crippen LogP contribution in [0.2, 0.25) is 12.1 Å². The van der Waals surface area contributed by atoms with Gasteiger partial charge in [0, 0.05) is 26.4 Å². The van der Waals surface area contributed by atoms with E-state index in [1.807, 2.05) is 0 Å². The van der Waals surface area contributed by atoms with E-state index in [1.54, 1.807) is 0 Å². The van der Waals surface area contributed by atoms with Crippen LogP contribution < -0.4 is 0 Å². The van der Waals surface area contributed by atoms with Gasteiger partial charge in [0.15, 0.2) is 0 Å². The summed E-state index contributed by atoms with van der Waals surface area (Å²) in [5.74, 6) is 0. The third-order valence-corrected chi connectivity index (χ3v) is 10.6. The van der Waals surface area contributed by atoms with E-state index in [2.05, 4.69) is 65.1 Å². The fraction of sp³-hybridized carbons (Fsp3) is 0.810. The summed E-state index contributed by atoms with van der Waals surface area (Å²) in [5.41, 5.74) is 4.41. The molecule has 0 aromatic carbocycles. The van der Waals surface area contributed by atoms with Crippen LogP contribution in [-0.2, 0) is 17.7 Å². The summed E-state index contributed by atoms with van der Waals surface area (Å²) in [5, 5.41) is 0. The van der Waals surface area contributed by atoms with Gasteiger partial charge >= 0.3 is 17.1 Å². The highest BCUT2D eigenvalue weighted by molar-refractivity contribution is 6.74. The fourth-order valence-corrected chi connectivity index (χ4v) is 9.29. The van der Waals surface area contributed by atoms with Crippen LogP contribution in [0.1, 0.15) is 73.6 Å². The molecule has 0 aromatic rings. The van der Waals surface area contributed by atoms with Crippen molar-refractivity contribution < 1.29 is 17.7 Å². The first-order valence-electron chi connectivity index (χ1n) is 10.9. The monoisotopic (exact) mass is 416 g/mol. The second-order valence-electron chi connectivity index (χ2n) is 6.87. The van der Waals surface area contributed by atoms with Crippen LogP contribution in [0.25, 0.3) is 0 Å². The maximum absolute atomic E-state index is 6.30. The lowest BCUT2D eigenvalue weighted by atomic mass is 10.5. The van der Waals surface area contributed by atoms with Gasteiger partial charge < -0.3 is 17.7 Å². The van der Waals surface area contributed by atoms with Gasteiger partial charge in [-0.15, -0.1) is 0 Å². The molecule has 0 spiro atoms. The molecule has 0 saturated carbocycles. The Morgan fingerprint density at radius 3 is 1.07 bits per heavy atom. The highest BCUT2D eigenvalue weighted by Crippen LogP contribution is 2.26. The van der Waals surface area contributed by atoms with Crippen molar-refractivity contribution in [3.05, 3.63) is 23.6 Å². The van der Waals surface area contributed by atoms with Gasteiger partial charge in [-0.3, -0.25) is 0 Å². The molecule has 0 bridgehead atoms. The molecule has 160 valence electrons. The summed E-state index contributed by atoms with van der Waals surface area (Å²) in [7, 11) is -4.63. The molecule has 27 heavy (non-hydrogen) atoms. The Bertz CT molecular complexity index is 348. The summed E-state index contributed by atoms with van der Waals surface area (Å²) in [4.78, 5) is 0. The van der Waals surface area contributed by atoms with E-state index in [4.69, 9.17) is 17.7 Å². The van der Waals surface area contributed by atoms with Crippen LogP contribution in [0.4, 0.5) is 0 Å². The molecule has 6 heteroatoms. The van der Waals surface area contributed by atoms with Crippen molar-refractivity contribution in [3.8, 4) is 0 Å². The van der Waals surface area contributed by atoms with Gasteiger partial charge in [0.1, 0.15) is 0 Å². The van der Waals surface area contributed by atoms with Gasteiger partial charge in [-0.05, 0) is 69.4 Å². The van der Waals surface area contributed by atoms with E-state index in [0.717, 1.165) is 70.6 Å². The molecule has 4 nitrogen and oxygen atoms in total. The zero-order valence-electron chi connectivity index (χ0n) is 18.7. The first-order valence-corrected chi connectivity index (χ1v) is 15.1. The number of hydrogen-bond acceptors (Lipinski definition) is 4. The first kappa shape index (κ1) is 26.8. The van der Waals surface area contributed by atoms with Gasteiger partial charge in [-0.25, -0.2) is 0 Å². The van der Waals surface area contributed by atoms with Crippen LogP contribution in [0, 0.1) is 0 Å². The average Bonchev–Trinajstić information content (AvgIpc) is 2.67. The molecular formula is C21H44O4Si2. The van der Waals surface area contributed by atoms with Gasteiger partial charge in [0.2, 0.25) is 0 Å². The second-order valence-corrected chi connectivity index (χ2v) is 12.9. The normalized spacial score (nSPS) is 13.3. The van der Waals surface area contributed by atoms with Crippen LogP contribution >= 0.6 is 0 Å². The fourth-order valence-electron chi connectivity index (χ4n) is 2.92. The van der Waals surface area contributed by atoms with Crippen molar-refractivity contribution in [3.63, 3.8) is 0 Å². The smallest absolute Gasteiger partial charge is 0.364 e. The zero-order valence-corrected chi connectivity index (χ0v) is 20.7. The van der Waals surface area contributed by atoms with Crippen molar-refractivity contribution in [2.45, 2.75) is 85.7 Å². The predicted molar refractivity (Wildman–Crippen MR) is 120 cm³/mol. The van der Waals surface area contributed by atoms with Crippen molar-refractivity contribution in [2.24, 2.45) is 0 Å². The summed E-state index contributed by atoms with van der Waals surface area (Å²) in [6.45, 7) is 15.7.